The maximum atomic E-state index is 6.13. The van der Waals surface area contributed by atoms with Crippen LogP contribution in [0.1, 0.15) is 22.6 Å². The zero-order chi connectivity index (χ0) is 17.4. The van der Waals surface area contributed by atoms with Gasteiger partial charge in [-0.25, -0.2) is 0 Å². The molecule has 0 aromatic heterocycles. The van der Waals surface area contributed by atoms with Crippen molar-refractivity contribution in [2.75, 3.05) is 33.9 Å². The highest BCUT2D eigenvalue weighted by Gasteiger charge is 2.40. The van der Waals surface area contributed by atoms with Gasteiger partial charge in [0.1, 0.15) is 5.75 Å². The Morgan fingerprint density at radius 2 is 1.92 bits per heavy atom. The van der Waals surface area contributed by atoms with E-state index in [0.717, 1.165) is 49.1 Å². The van der Waals surface area contributed by atoms with Gasteiger partial charge in [-0.15, -0.1) is 0 Å². The molecule has 2 aromatic carbocycles. The fourth-order valence-corrected chi connectivity index (χ4v) is 4.25. The van der Waals surface area contributed by atoms with Crippen molar-refractivity contribution in [3.63, 3.8) is 0 Å². The van der Waals surface area contributed by atoms with Crippen molar-refractivity contribution >= 4 is 0 Å². The Morgan fingerprint density at radius 1 is 1.12 bits per heavy atom. The molecule has 2 aromatic rings. The molecule has 1 fully saturated rings. The third-order valence-electron chi connectivity index (χ3n) is 5.50. The lowest BCUT2D eigenvalue weighted by Gasteiger charge is -2.30. The molecular weight excluding hydrogens is 314 g/mol. The lowest BCUT2D eigenvalue weighted by atomic mass is 9.86. The third kappa shape index (κ3) is 2.85. The van der Waals surface area contributed by atoms with E-state index in [1.54, 1.807) is 14.2 Å². The molecule has 0 aliphatic carbocycles. The molecule has 0 spiro atoms. The molecular formula is C21H25NO3. The molecule has 0 unspecified atom stereocenters. The van der Waals surface area contributed by atoms with E-state index in [1.807, 2.05) is 6.92 Å². The van der Waals surface area contributed by atoms with Gasteiger partial charge in [0.05, 0.1) is 20.8 Å². The van der Waals surface area contributed by atoms with E-state index in [4.69, 9.17) is 14.2 Å². The molecule has 2 aliphatic heterocycles. The van der Waals surface area contributed by atoms with E-state index in [1.165, 1.54) is 11.1 Å². The average Bonchev–Trinajstić information content (AvgIpc) is 3.04. The Hall–Kier alpha value is -2.20. The van der Waals surface area contributed by atoms with Gasteiger partial charge in [0.15, 0.2) is 11.5 Å². The van der Waals surface area contributed by atoms with Crippen LogP contribution in [0.15, 0.2) is 36.4 Å². The van der Waals surface area contributed by atoms with Crippen molar-refractivity contribution in [2.24, 2.45) is 5.92 Å². The maximum absolute atomic E-state index is 6.13. The first-order chi connectivity index (χ1) is 12.2. The van der Waals surface area contributed by atoms with E-state index >= 15 is 0 Å². The van der Waals surface area contributed by atoms with Crippen LogP contribution in [0, 0.1) is 12.8 Å². The first-order valence-electron chi connectivity index (χ1n) is 8.85. The topological polar surface area (TPSA) is 30.9 Å². The molecule has 4 rings (SSSR count). The SMILES string of the molecule is COc1cc2c(c(OC)c1C)OC[C@H]1CN(Cc3ccccc3)C[C@@H]21. The summed E-state index contributed by atoms with van der Waals surface area (Å²) in [6.45, 7) is 5.88. The normalized spacial score (nSPS) is 22.0. The quantitative estimate of drug-likeness (QED) is 0.851. The summed E-state index contributed by atoms with van der Waals surface area (Å²) in [5.41, 5.74) is 3.59. The van der Waals surface area contributed by atoms with Gasteiger partial charge in [-0.2, -0.15) is 0 Å². The van der Waals surface area contributed by atoms with Gasteiger partial charge in [0, 0.05) is 42.6 Å². The lowest BCUT2D eigenvalue weighted by Crippen LogP contribution is -2.25. The minimum absolute atomic E-state index is 0.468. The van der Waals surface area contributed by atoms with Crippen molar-refractivity contribution in [3.8, 4) is 17.2 Å². The van der Waals surface area contributed by atoms with Crippen molar-refractivity contribution in [3.05, 3.63) is 53.1 Å². The molecule has 2 heterocycles. The lowest BCUT2D eigenvalue weighted by molar-refractivity contribution is 0.202. The second-order valence-corrected chi connectivity index (χ2v) is 7.01. The molecule has 0 saturated carbocycles. The zero-order valence-corrected chi connectivity index (χ0v) is 15.1. The predicted molar refractivity (Wildman–Crippen MR) is 97.7 cm³/mol. The molecule has 2 aliphatic rings. The largest absolute Gasteiger partial charge is 0.496 e. The van der Waals surface area contributed by atoms with Gasteiger partial charge in [-0.05, 0) is 18.6 Å². The van der Waals surface area contributed by atoms with E-state index in [-0.39, 0.29) is 0 Å². The smallest absolute Gasteiger partial charge is 0.167 e. The zero-order valence-electron chi connectivity index (χ0n) is 15.1. The van der Waals surface area contributed by atoms with Gasteiger partial charge in [0.25, 0.3) is 0 Å². The number of hydrogen-bond donors (Lipinski definition) is 0. The van der Waals surface area contributed by atoms with E-state index < -0.39 is 0 Å². The van der Waals surface area contributed by atoms with Crippen LogP contribution in [0.3, 0.4) is 0 Å². The van der Waals surface area contributed by atoms with Crippen LogP contribution in [0.25, 0.3) is 0 Å². The molecule has 132 valence electrons. The second kappa shape index (κ2) is 6.60. The van der Waals surface area contributed by atoms with Gasteiger partial charge < -0.3 is 14.2 Å². The molecule has 0 radical (unpaired) electrons. The molecule has 25 heavy (non-hydrogen) atoms. The van der Waals surface area contributed by atoms with Crippen LogP contribution in [-0.4, -0.2) is 38.8 Å². The minimum Gasteiger partial charge on any atom is -0.496 e. The van der Waals surface area contributed by atoms with Crippen LogP contribution in [0.5, 0.6) is 17.2 Å². The summed E-state index contributed by atoms with van der Waals surface area (Å²) in [5.74, 6) is 3.59. The summed E-state index contributed by atoms with van der Waals surface area (Å²) in [5, 5.41) is 0. The summed E-state index contributed by atoms with van der Waals surface area (Å²) < 4.78 is 17.3. The Kier molecular flexibility index (Phi) is 4.30. The van der Waals surface area contributed by atoms with Crippen molar-refractivity contribution in [2.45, 2.75) is 19.4 Å². The number of nitrogens with zero attached hydrogens (tertiary/aromatic N) is 1. The van der Waals surface area contributed by atoms with Crippen LogP contribution >= 0.6 is 0 Å². The Morgan fingerprint density at radius 3 is 2.64 bits per heavy atom. The first-order valence-corrected chi connectivity index (χ1v) is 8.85. The summed E-state index contributed by atoms with van der Waals surface area (Å²) in [6.07, 6.45) is 0. The Bertz CT molecular complexity index is 759. The first kappa shape index (κ1) is 16.3. The fraction of sp³-hybridized carbons (Fsp3) is 0.429. The minimum atomic E-state index is 0.468. The molecule has 1 saturated heterocycles. The Balaban J connectivity index is 1.63. The molecule has 2 atom stereocenters. The van der Waals surface area contributed by atoms with Gasteiger partial charge >= 0.3 is 0 Å². The van der Waals surface area contributed by atoms with Crippen LogP contribution in [-0.2, 0) is 6.54 Å². The van der Waals surface area contributed by atoms with Gasteiger partial charge in [-0.1, -0.05) is 30.3 Å². The van der Waals surface area contributed by atoms with Gasteiger partial charge in [0.2, 0.25) is 0 Å². The summed E-state index contributed by atoms with van der Waals surface area (Å²) in [7, 11) is 3.42. The molecule has 0 N–H and O–H groups in total. The number of ether oxygens (including phenoxy) is 3. The highest BCUT2D eigenvalue weighted by molar-refractivity contribution is 5.60. The predicted octanol–water partition coefficient (Wildman–Crippen LogP) is 3.62. The maximum Gasteiger partial charge on any atom is 0.167 e. The average molecular weight is 339 g/mol. The van der Waals surface area contributed by atoms with E-state index in [9.17, 15) is 0 Å². The molecule has 0 amide bonds. The fourth-order valence-electron chi connectivity index (χ4n) is 4.25. The monoisotopic (exact) mass is 339 g/mol. The van der Waals surface area contributed by atoms with Crippen molar-refractivity contribution in [1.29, 1.82) is 0 Å². The number of fused-ring (bicyclic) bond motifs is 3. The van der Waals surface area contributed by atoms with Crippen LogP contribution in [0.2, 0.25) is 0 Å². The number of benzene rings is 2. The third-order valence-corrected chi connectivity index (χ3v) is 5.50. The molecule has 0 bridgehead atoms. The van der Waals surface area contributed by atoms with E-state index in [0.29, 0.717) is 11.8 Å². The number of methoxy groups -OCH3 is 2. The number of hydrogen-bond acceptors (Lipinski definition) is 4. The van der Waals surface area contributed by atoms with Gasteiger partial charge in [-0.3, -0.25) is 4.90 Å². The second-order valence-electron chi connectivity index (χ2n) is 7.01. The van der Waals surface area contributed by atoms with E-state index in [2.05, 4.69) is 41.3 Å². The Labute approximate surface area is 149 Å². The van der Waals surface area contributed by atoms with Crippen molar-refractivity contribution < 1.29 is 14.2 Å². The van der Waals surface area contributed by atoms with Crippen molar-refractivity contribution in [1.82, 2.24) is 4.90 Å². The molecule has 4 heteroatoms. The molecule has 4 nitrogen and oxygen atoms in total. The summed E-state index contributed by atoms with van der Waals surface area (Å²) in [6, 6.07) is 12.8. The summed E-state index contributed by atoms with van der Waals surface area (Å²) >= 11 is 0. The highest BCUT2D eigenvalue weighted by Crippen LogP contribution is 2.49. The number of likely N-dealkylation sites (tertiary alicyclic amines) is 1. The highest BCUT2D eigenvalue weighted by atomic mass is 16.5. The number of rotatable bonds is 4. The standard InChI is InChI=1S/C21H25NO3/c1-14-19(23-2)9-17-18-12-22(10-15-7-5-4-6-8-15)11-16(18)13-25-21(17)20(14)24-3/h4-9,16,18H,10-13H2,1-3H3/t16-,18-/m1/s1. The van der Waals surface area contributed by atoms with Crippen LogP contribution < -0.4 is 14.2 Å². The summed E-state index contributed by atoms with van der Waals surface area (Å²) in [4.78, 5) is 2.53. The van der Waals surface area contributed by atoms with Crippen LogP contribution in [0.4, 0.5) is 0 Å².